The third-order valence-electron chi connectivity index (χ3n) is 4.81. The van der Waals surface area contributed by atoms with E-state index in [0.717, 1.165) is 30.2 Å². The van der Waals surface area contributed by atoms with Gasteiger partial charge in [0.1, 0.15) is 10.8 Å². The highest BCUT2D eigenvalue weighted by Crippen LogP contribution is 2.30. The summed E-state index contributed by atoms with van der Waals surface area (Å²) in [6.07, 6.45) is 4.26. The molecule has 1 fully saturated rings. The van der Waals surface area contributed by atoms with Gasteiger partial charge in [-0.3, -0.25) is 9.78 Å². The molecule has 3 aromatic rings. The molecule has 3 heterocycles. The van der Waals surface area contributed by atoms with Crippen LogP contribution in [0.2, 0.25) is 0 Å². The lowest BCUT2D eigenvalue weighted by molar-refractivity contribution is 0.101. The number of benzene rings is 1. The van der Waals surface area contributed by atoms with Crippen molar-refractivity contribution in [1.29, 1.82) is 0 Å². The van der Waals surface area contributed by atoms with Crippen LogP contribution in [0.25, 0.3) is 10.6 Å². The SMILES string of the molecule is C[C@@H]1C[C@H](N)CN(c2ccncc2NC(=O)c2nsc(-c3ccccc3F)n2)C1.Cl.Cl. The van der Waals surface area contributed by atoms with Gasteiger partial charge in [-0.25, -0.2) is 9.37 Å². The molecular weight excluding hydrogens is 462 g/mol. The Hall–Kier alpha value is -2.33. The zero-order valence-corrected chi connectivity index (χ0v) is 19.1. The number of pyridine rings is 1. The van der Waals surface area contributed by atoms with E-state index in [9.17, 15) is 9.18 Å². The molecule has 1 aliphatic heterocycles. The molecule has 1 amide bonds. The Balaban J connectivity index is 0.00000171. The summed E-state index contributed by atoms with van der Waals surface area (Å²) in [5.41, 5.74) is 7.92. The van der Waals surface area contributed by atoms with Crippen LogP contribution in [0.5, 0.6) is 0 Å². The maximum absolute atomic E-state index is 14.0. The number of nitrogens with two attached hydrogens (primary N) is 1. The van der Waals surface area contributed by atoms with Crippen molar-refractivity contribution < 1.29 is 9.18 Å². The van der Waals surface area contributed by atoms with Crippen molar-refractivity contribution in [2.45, 2.75) is 19.4 Å². The summed E-state index contributed by atoms with van der Waals surface area (Å²) in [6.45, 7) is 3.73. The molecule has 0 bridgehead atoms. The van der Waals surface area contributed by atoms with Crippen LogP contribution >= 0.6 is 36.3 Å². The van der Waals surface area contributed by atoms with Gasteiger partial charge in [-0.1, -0.05) is 19.1 Å². The maximum Gasteiger partial charge on any atom is 0.294 e. The van der Waals surface area contributed by atoms with Crippen LogP contribution in [0, 0.1) is 11.7 Å². The van der Waals surface area contributed by atoms with E-state index >= 15 is 0 Å². The first-order valence-corrected chi connectivity index (χ1v) is 10.1. The summed E-state index contributed by atoms with van der Waals surface area (Å²) in [4.78, 5) is 23.2. The fraction of sp³-hybridized carbons (Fsp3) is 0.300. The molecule has 0 saturated carbocycles. The van der Waals surface area contributed by atoms with Crippen molar-refractivity contribution in [2.24, 2.45) is 11.7 Å². The number of nitrogens with one attached hydrogen (secondary N) is 1. The first-order valence-electron chi connectivity index (χ1n) is 9.35. The lowest BCUT2D eigenvalue weighted by Crippen LogP contribution is -2.46. The summed E-state index contributed by atoms with van der Waals surface area (Å²) < 4.78 is 18.1. The average Bonchev–Trinajstić information content (AvgIpc) is 3.18. The molecule has 2 atom stereocenters. The molecule has 1 aliphatic rings. The summed E-state index contributed by atoms with van der Waals surface area (Å²) in [5, 5.41) is 3.19. The van der Waals surface area contributed by atoms with Gasteiger partial charge in [0.05, 0.1) is 17.6 Å². The first-order chi connectivity index (χ1) is 14.0. The van der Waals surface area contributed by atoms with E-state index in [2.05, 4.69) is 31.5 Å². The largest absolute Gasteiger partial charge is 0.368 e. The molecule has 1 aromatic carbocycles. The summed E-state index contributed by atoms with van der Waals surface area (Å²) >= 11 is 0.984. The van der Waals surface area contributed by atoms with Gasteiger partial charge in [-0.15, -0.1) is 24.8 Å². The molecular formula is C20H23Cl2FN6OS. The Bertz CT molecular complexity index is 1030. The highest BCUT2D eigenvalue weighted by atomic mass is 35.5. The number of amides is 1. The molecule has 0 unspecified atom stereocenters. The van der Waals surface area contributed by atoms with Gasteiger partial charge in [-0.2, -0.15) is 4.37 Å². The lowest BCUT2D eigenvalue weighted by atomic mass is 9.96. The average molecular weight is 485 g/mol. The van der Waals surface area contributed by atoms with Crippen LogP contribution in [0.15, 0.2) is 42.7 Å². The number of hydrogen-bond acceptors (Lipinski definition) is 7. The summed E-state index contributed by atoms with van der Waals surface area (Å²) in [6, 6.07) is 8.22. The van der Waals surface area contributed by atoms with Gasteiger partial charge in [0.2, 0.25) is 5.82 Å². The van der Waals surface area contributed by atoms with Gasteiger partial charge in [-0.05, 0) is 42.1 Å². The Labute approximate surface area is 196 Å². The molecule has 7 nitrogen and oxygen atoms in total. The topological polar surface area (TPSA) is 97.0 Å². The number of piperidine rings is 1. The van der Waals surface area contributed by atoms with Crippen LogP contribution in [-0.4, -0.2) is 39.4 Å². The van der Waals surface area contributed by atoms with Gasteiger partial charge in [0.15, 0.2) is 0 Å². The molecule has 31 heavy (non-hydrogen) atoms. The van der Waals surface area contributed by atoms with Crippen molar-refractivity contribution in [3.8, 4) is 10.6 Å². The van der Waals surface area contributed by atoms with Crippen molar-refractivity contribution in [3.05, 3.63) is 54.4 Å². The molecule has 166 valence electrons. The number of hydrogen-bond donors (Lipinski definition) is 2. The molecule has 3 N–H and O–H groups in total. The van der Waals surface area contributed by atoms with Gasteiger partial charge < -0.3 is 16.0 Å². The number of carbonyl (C=O) groups excluding carboxylic acids is 1. The standard InChI is InChI=1S/C20H21FN6OS.2ClH/c1-12-8-13(22)11-27(10-12)17-6-7-23-9-16(17)24-19(28)18-25-20(29-26-18)14-4-2-3-5-15(14)21;;/h2-7,9,12-13H,8,10-11,22H2,1H3,(H,24,28);2*1H/t12-,13+;;/m1../s1. The maximum atomic E-state index is 14.0. The number of halogens is 3. The second-order valence-electron chi connectivity index (χ2n) is 7.26. The highest BCUT2D eigenvalue weighted by molar-refractivity contribution is 7.09. The van der Waals surface area contributed by atoms with Crippen LogP contribution in [0.4, 0.5) is 15.8 Å². The van der Waals surface area contributed by atoms with Crippen molar-refractivity contribution >= 4 is 53.6 Å². The number of aromatic nitrogens is 3. The minimum Gasteiger partial charge on any atom is -0.368 e. The second-order valence-corrected chi connectivity index (χ2v) is 8.01. The summed E-state index contributed by atoms with van der Waals surface area (Å²) in [5.74, 6) is -0.418. The van der Waals surface area contributed by atoms with Crippen molar-refractivity contribution in [3.63, 3.8) is 0 Å². The third kappa shape index (κ3) is 5.68. The van der Waals surface area contributed by atoms with E-state index in [0.29, 0.717) is 28.7 Å². The number of anilines is 2. The van der Waals surface area contributed by atoms with Crippen molar-refractivity contribution in [1.82, 2.24) is 14.3 Å². The van der Waals surface area contributed by atoms with Gasteiger partial charge >= 0.3 is 0 Å². The zero-order valence-electron chi connectivity index (χ0n) is 16.7. The summed E-state index contributed by atoms with van der Waals surface area (Å²) in [7, 11) is 0. The van der Waals surface area contributed by atoms with E-state index in [-0.39, 0.29) is 36.7 Å². The molecule has 0 spiro atoms. The van der Waals surface area contributed by atoms with Gasteiger partial charge in [0, 0.05) is 30.9 Å². The smallest absolute Gasteiger partial charge is 0.294 e. The Morgan fingerprint density at radius 2 is 2.03 bits per heavy atom. The number of rotatable bonds is 4. The normalized spacial score (nSPS) is 18.0. The molecule has 1 saturated heterocycles. The third-order valence-corrected chi connectivity index (χ3v) is 5.56. The Morgan fingerprint density at radius 3 is 2.77 bits per heavy atom. The van der Waals surface area contributed by atoms with E-state index < -0.39 is 11.7 Å². The number of carbonyl (C=O) groups is 1. The minimum atomic E-state index is -0.465. The predicted molar refractivity (Wildman–Crippen MR) is 126 cm³/mol. The fourth-order valence-corrected chi connectivity index (χ4v) is 4.28. The fourth-order valence-electron chi connectivity index (χ4n) is 3.59. The number of nitrogens with zero attached hydrogens (tertiary/aromatic N) is 4. The molecule has 2 aromatic heterocycles. The minimum absolute atomic E-state index is 0. The van der Waals surface area contributed by atoms with Gasteiger partial charge in [0.25, 0.3) is 5.91 Å². The van der Waals surface area contributed by atoms with Crippen LogP contribution < -0.4 is 16.0 Å². The van der Waals surface area contributed by atoms with E-state index in [1.54, 1.807) is 30.6 Å². The van der Waals surface area contributed by atoms with E-state index in [1.807, 2.05) is 6.07 Å². The highest BCUT2D eigenvalue weighted by Gasteiger charge is 2.25. The zero-order chi connectivity index (χ0) is 20.4. The van der Waals surface area contributed by atoms with Crippen LogP contribution in [0.3, 0.4) is 0 Å². The first kappa shape index (κ1) is 24.9. The van der Waals surface area contributed by atoms with E-state index in [4.69, 9.17) is 5.73 Å². The molecule has 0 radical (unpaired) electrons. The molecule has 11 heteroatoms. The molecule has 4 rings (SSSR count). The monoisotopic (exact) mass is 484 g/mol. The lowest BCUT2D eigenvalue weighted by Gasteiger charge is -2.37. The van der Waals surface area contributed by atoms with Crippen molar-refractivity contribution in [2.75, 3.05) is 23.3 Å². The van der Waals surface area contributed by atoms with E-state index in [1.165, 1.54) is 6.07 Å². The Morgan fingerprint density at radius 1 is 1.26 bits per heavy atom. The van der Waals surface area contributed by atoms with Crippen LogP contribution in [0.1, 0.15) is 24.0 Å². The second kappa shape index (κ2) is 10.8. The Kier molecular flexibility index (Phi) is 8.69. The quantitative estimate of drug-likeness (QED) is 0.580. The molecule has 0 aliphatic carbocycles. The predicted octanol–water partition coefficient (Wildman–Crippen LogP) is 4.01. The van der Waals surface area contributed by atoms with Crippen LogP contribution in [-0.2, 0) is 0 Å².